The average molecular weight is 206 g/mol. The van der Waals surface area contributed by atoms with Crippen molar-refractivity contribution in [3.05, 3.63) is 35.9 Å². The summed E-state index contributed by atoms with van der Waals surface area (Å²) < 4.78 is 0. The summed E-state index contributed by atoms with van der Waals surface area (Å²) in [6.45, 7) is 4.02. The van der Waals surface area contributed by atoms with Crippen molar-refractivity contribution in [1.29, 1.82) is 0 Å². The number of hydrogen-bond acceptors (Lipinski definition) is 2. The lowest BCUT2D eigenvalue weighted by molar-refractivity contribution is 0.0902. The Morgan fingerprint density at radius 1 is 1.27 bits per heavy atom. The molecule has 0 radical (unpaired) electrons. The standard InChI is InChI=1S/C13H18O2/c1-10(9-14)8-11(2)13(15)12-6-4-3-5-7-12/h3-7,10-11,14H,8-9H2,1-2H3. The van der Waals surface area contributed by atoms with Crippen molar-refractivity contribution in [3.8, 4) is 0 Å². The minimum Gasteiger partial charge on any atom is -0.396 e. The Hall–Kier alpha value is -1.15. The smallest absolute Gasteiger partial charge is 0.165 e. The van der Waals surface area contributed by atoms with Crippen LogP contribution in [0.3, 0.4) is 0 Å². The van der Waals surface area contributed by atoms with Crippen LogP contribution in [0, 0.1) is 11.8 Å². The first-order valence-corrected chi connectivity index (χ1v) is 5.35. The van der Waals surface area contributed by atoms with E-state index in [1.807, 2.05) is 44.2 Å². The minimum atomic E-state index is -0.0189. The molecule has 1 aromatic carbocycles. The molecule has 15 heavy (non-hydrogen) atoms. The number of rotatable bonds is 5. The van der Waals surface area contributed by atoms with E-state index < -0.39 is 0 Å². The number of carbonyl (C=O) groups excluding carboxylic acids is 1. The van der Waals surface area contributed by atoms with E-state index in [2.05, 4.69) is 0 Å². The molecule has 2 atom stereocenters. The van der Waals surface area contributed by atoms with Gasteiger partial charge < -0.3 is 5.11 Å². The molecular formula is C13H18O2. The first-order chi connectivity index (χ1) is 7.15. The summed E-state index contributed by atoms with van der Waals surface area (Å²) >= 11 is 0. The van der Waals surface area contributed by atoms with Crippen LogP contribution in [0.2, 0.25) is 0 Å². The van der Waals surface area contributed by atoms with E-state index in [-0.39, 0.29) is 24.2 Å². The summed E-state index contributed by atoms with van der Waals surface area (Å²) in [5, 5.41) is 8.92. The van der Waals surface area contributed by atoms with Crippen LogP contribution in [-0.4, -0.2) is 17.5 Å². The van der Waals surface area contributed by atoms with Gasteiger partial charge >= 0.3 is 0 Å². The van der Waals surface area contributed by atoms with Gasteiger partial charge in [0, 0.05) is 18.1 Å². The Kier molecular flexibility index (Phi) is 4.50. The Bertz CT molecular complexity index is 306. The zero-order valence-electron chi connectivity index (χ0n) is 9.31. The van der Waals surface area contributed by atoms with Gasteiger partial charge in [-0.15, -0.1) is 0 Å². The molecule has 1 rings (SSSR count). The number of hydrogen-bond donors (Lipinski definition) is 1. The van der Waals surface area contributed by atoms with Gasteiger partial charge in [0.1, 0.15) is 0 Å². The van der Waals surface area contributed by atoms with Gasteiger partial charge in [-0.25, -0.2) is 0 Å². The molecule has 0 fully saturated rings. The van der Waals surface area contributed by atoms with Crippen LogP contribution < -0.4 is 0 Å². The van der Waals surface area contributed by atoms with Crippen molar-refractivity contribution in [1.82, 2.24) is 0 Å². The highest BCUT2D eigenvalue weighted by atomic mass is 16.3. The number of carbonyl (C=O) groups is 1. The molecule has 0 aliphatic rings. The molecule has 0 aliphatic carbocycles. The van der Waals surface area contributed by atoms with Gasteiger partial charge in [-0.2, -0.15) is 0 Å². The number of benzene rings is 1. The fourth-order valence-corrected chi connectivity index (χ4v) is 1.67. The maximum Gasteiger partial charge on any atom is 0.165 e. The van der Waals surface area contributed by atoms with E-state index in [0.29, 0.717) is 0 Å². The predicted octanol–water partition coefficient (Wildman–Crippen LogP) is 2.52. The summed E-state index contributed by atoms with van der Waals surface area (Å²) in [7, 11) is 0. The summed E-state index contributed by atoms with van der Waals surface area (Å²) in [4.78, 5) is 11.9. The van der Waals surface area contributed by atoms with Gasteiger partial charge in [0.15, 0.2) is 5.78 Å². The molecule has 0 heterocycles. The fourth-order valence-electron chi connectivity index (χ4n) is 1.67. The van der Waals surface area contributed by atoms with E-state index in [9.17, 15) is 4.79 Å². The van der Waals surface area contributed by atoms with E-state index in [1.165, 1.54) is 0 Å². The lowest BCUT2D eigenvalue weighted by atomic mass is 9.91. The van der Waals surface area contributed by atoms with Crippen molar-refractivity contribution in [2.45, 2.75) is 20.3 Å². The second-order valence-electron chi connectivity index (χ2n) is 4.15. The zero-order chi connectivity index (χ0) is 11.3. The summed E-state index contributed by atoms with van der Waals surface area (Å²) in [6, 6.07) is 9.31. The predicted molar refractivity (Wildman–Crippen MR) is 60.8 cm³/mol. The van der Waals surface area contributed by atoms with Gasteiger partial charge in [0.2, 0.25) is 0 Å². The number of aliphatic hydroxyl groups is 1. The average Bonchev–Trinajstić information content (AvgIpc) is 2.29. The highest BCUT2D eigenvalue weighted by Crippen LogP contribution is 2.16. The molecule has 0 amide bonds. The van der Waals surface area contributed by atoms with Gasteiger partial charge in [0.25, 0.3) is 0 Å². The zero-order valence-corrected chi connectivity index (χ0v) is 9.31. The fraction of sp³-hybridized carbons (Fsp3) is 0.462. The molecule has 2 nitrogen and oxygen atoms in total. The van der Waals surface area contributed by atoms with Gasteiger partial charge in [0.05, 0.1) is 0 Å². The van der Waals surface area contributed by atoms with Crippen molar-refractivity contribution in [2.75, 3.05) is 6.61 Å². The maximum absolute atomic E-state index is 11.9. The number of Topliss-reactive ketones (excluding diaryl/α,β-unsaturated/α-hetero) is 1. The molecule has 0 saturated carbocycles. The third kappa shape index (κ3) is 3.48. The topological polar surface area (TPSA) is 37.3 Å². The van der Waals surface area contributed by atoms with Crippen LogP contribution in [0.4, 0.5) is 0 Å². The molecule has 82 valence electrons. The van der Waals surface area contributed by atoms with Crippen molar-refractivity contribution in [3.63, 3.8) is 0 Å². The van der Waals surface area contributed by atoms with E-state index in [4.69, 9.17) is 5.11 Å². The molecule has 2 unspecified atom stereocenters. The first kappa shape index (κ1) is 11.9. The monoisotopic (exact) mass is 206 g/mol. The van der Waals surface area contributed by atoms with Gasteiger partial charge in [-0.3, -0.25) is 4.79 Å². The Morgan fingerprint density at radius 3 is 2.40 bits per heavy atom. The highest BCUT2D eigenvalue weighted by Gasteiger charge is 2.17. The summed E-state index contributed by atoms with van der Waals surface area (Å²) in [6.07, 6.45) is 0.740. The highest BCUT2D eigenvalue weighted by molar-refractivity contribution is 5.97. The first-order valence-electron chi connectivity index (χ1n) is 5.35. The molecule has 1 N–H and O–H groups in total. The Balaban J connectivity index is 2.61. The maximum atomic E-state index is 11.9. The second-order valence-corrected chi connectivity index (χ2v) is 4.15. The summed E-state index contributed by atoms with van der Waals surface area (Å²) in [5.41, 5.74) is 0.759. The summed E-state index contributed by atoms with van der Waals surface area (Å²) in [5.74, 6) is 0.332. The molecule has 0 aliphatic heterocycles. The quantitative estimate of drug-likeness (QED) is 0.752. The van der Waals surface area contributed by atoms with Crippen molar-refractivity contribution < 1.29 is 9.90 Å². The molecule has 2 heteroatoms. The third-order valence-corrected chi connectivity index (χ3v) is 2.57. The number of ketones is 1. The lowest BCUT2D eigenvalue weighted by Crippen LogP contribution is -2.16. The van der Waals surface area contributed by atoms with Crippen LogP contribution in [0.1, 0.15) is 30.6 Å². The second kappa shape index (κ2) is 5.66. The van der Waals surface area contributed by atoms with Crippen LogP contribution in [-0.2, 0) is 0 Å². The van der Waals surface area contributed by atoms with Gasteiger partial charge in [-0.05, 0) is 12.3 Å². The van der Waals surface area contributed by atoms with E-state index >= 15 is 0 Å². The SMILES string of the molecule is CC(CO)CC(C)C(=O)c1ccccc1. The molecule has 0 bridgehead atoms. The van der Waals surface area contributed by atoms with Crippen molar-refractivity contribution in [2.24, 2.45) is 11.8 Å². The molecule has 1 aromatic rings. The van der Waals surface area contributed by atoms with Gasteiger partial charge in [-0.1, -0.05) is 44.2 Å². The van der Waals surface area contributed by atoms with Crippen molar-refractivity contribution >= 4 is 5.78 Å². The molecule has 0 aromatic heterocycles. The van der Waals surface area contributed by atoms with E-state index in [1.54, 1.807) is 0 Å². The van der Waals surface area contributed by atoms with Crippen LogP contribution in [0.15, 0.2) is 30.3 Å². The minimum absolute atomic E-state index is 0.0189. The Labute approximate surface area is 90.9 Å². The molecule has 0 spiro atoms. The van der Waals surface area contributed by atoms with Crippen LogP contribution in [0.5, 0.6) is 0 Å². The number of aliphatic hydroxyl groups excluding tert-OH is 1. The largest absolute Gasteiger partial charge is 0.396 e. The lowest BCUT2D eigenvalue weighted by Gasteiger charge is -2.14. The normalized spacial score (nSPS) is 14.6. The van der Waals surface area contributed by atoms with Crippen LogP contribution in [0.25, 0.3) is 0 Å². The van der Waals surface area contributed by atoms with Crippen LogP contribution >= 0.6 is 0 Å². The van der Waals surface area contributed by atoms with E-state index in [0.717, 1.165) is 12.0 Å². The Morgan fingerprint density at radius 2 is 1.87 bits per heavy atom. The molecular weight excluding hydrogens is 188 g/mol. The molecule has 0 saturated heterocycles. The third-order valence-electron chi connectivity index (χ3n) is 2.57.